The average Bonchev–Trinajstić information content (AvgIpc) is 3.36. The zero-order chi connectivity index (χ0) is 46.2. The third-order valence-electron chi connectivity index (χ3n) is 13.9. The van der Waals surface area contributed by atoms with Gasteiger partial charge in [0.15, 0.2) is 0 Å². The van der Waals surface area contributed by atoms with Crippen molar-refractivity contribution >= 4 is 33.3 Å². The average molecular weight is 901 g/mol. The van der Waals surface area contributed by atoms with Crippen molar-refractivity contribution in [1.29, 1.82) is 0 Å². The molecule has 0 aromatic heterocycles. The van der Waals surface area contributed by atoms with Crippen molar-refractivity contribution in [2.45, 2.75) is 75.8 Å². The Kier molecular flexibility index (Phi) is 14.3. The highest BCUT2D eigenvalue weighted by molar-refractivity contribution is 6.03. The molecule has 67 heavy (non-hydrogen) atoms. The molecule has 1 amide bonds. The van der Waals surface area contributed by atoms with Gasteiger partial charge in [0, 0.05) is 31.1 Å². The van der Waals surface area contributed by atoms with Crippen LogP contribution in [0.15, 0.2) is 163 Å². The number of amides is 1. The molecule has 0 spiro atoms. The Morgan fingerprint density at radius 1 is 0.821 bits per heavy atom. The van der Waals surface area contributed by atoms with Gasteiger partial charge >= 0.3 is 6.09 Å². The van der Waals surface area contributed by atoms with Crippen LogP contribution < -0.4 is 9.47 Å². The van der Waals surface area contributed by atoms with Crippen LogP contribution in [0.2, 0.25) is 0 Å². The van der Waals surface area contributed by atoms with E-state index in [2.05, 4.69) is 61.2 Å². The molecule has 6 aromatic carbocycles. The number of hydrogen-bond acceptors (Lipinski definition) is 9. The summed E-state index contributed by atoms with van der Waals surface area (Å²) < 4.78 is 27.1. The number of unbranched alkanes of at least 4 members (excludes halogenated alkanes) is 2. The van der Waals surface area contributed by atoms with Gasteiger partial charge in [0.1, 0.15) is 29.9 Å². The van der Waals surface area contributed by atoms with Gasteiger partial charge < -0.3 is 34.0 Å². The number of carbonyl (C=O) groups excluding carboxylic acids is 1. The summed E-state index contributed by atoms with van der Waals surface area (Å²) in [5.74, 6) is -0.0574. The number of aliphatic hydroxyl groups is 2. The minimum Gasteiger partial charge on any atom is -0.459 e. The molecule has 6 unspecified atom stereocenters. The number of allylic oxidation sites excluding steroid dienone is 1. The predicted molar refractivity (Wildman–Crippen MR) is 262 cm³/mol. The molecule has 3 aliphatic rings. The Morgan fingerprint density at radius 2 is 1.54 bits per heavy atom. The van der Waals surface area contributed by atoms with Crippen molar-refractivity contribution in [2.24, 2.45) is 22.9 Å². The smallest absolute Gasteiger partial charge is 0.410 e. The van der Waals surface area contributed by atoms with Crippen LogP contribution in [0.25, 0.3) is 21.5 Å². The molecular weight excluding hydrogens is 841 g/mol. The number of methoxy groups -OCH3 is 1. The van der Waals surface area contributed by atoms with Crippen LogP contribution in [0.3, 0.4) is 0 Å². The molecule has 9 rings (SSSR count). The molecule has 1 aliphatic heterocycles. The van der Waals surface area contributed by atoms with E-state index in [-0.39, 0.29) is 57.1 Å². The molecular formula is C57H60N2O8. The van der Waals surface area contributed by atoms with E-state index in [0.29, 0.717) is 30.1 Å². The SMILES string of the molecule is C=CCOC12Oc3ccc(Oc4ccc5ccccc5c4)cc3C3C(CCCCO)C(CCCCO)C=C(C(=NOCc4ccccc4)CC1N(Cc1cccc4ccccc14)C(=O)OC)C32. The maximum Gasteiger partial charge on any atom is 0.410 e. The zero-order valence-corrected chi connectivity index (χ0v) is 38.2. The van der Waals surface area contributed by atoms with Gasteiger partial charge in [0.05, 0.1) is 31.9 Å². The van der Waals surface area contributed by atoms with Gasteiger partial charge in [-0.05, 0) is 106 Å². The molecule has 0 bridgehead atoms. The van der Waals surface area contributed by atoms with Gasteiger partial charge in [-0.2, -0.15) is 0 Å². The predicted octanol–water partition coefficient (Wildman–Crippen LogP) is 11.9. The van der Waals surface area contributed by atoms with Crippen molar-refractivity contribution in [2.75, 3.05) is 26.9 Å². The lowest BCUT2D eigenvalue weighted by atomic mass is 9.55. The van der Waals surface area contributed by atoms with E-state index >= 15 is 0 Å². The lowest BCUT2D eigenvalue weighted by Gasteiger charge is -2.59. The molecule has 0 radical (unpaired) electrons. The van der Waals surface area contributed by atoms with E-state index in [0.717, 1.165) is 75.2 Å². The Labute approximate surface area is 393 Å². The molecule has 1 saturated carbocycles. The van der Waals surface area contributed by atoms with E-state index in [1.807, 2.05) is 84.9 Å². The number of fused-ring (bicyclic) bond motifs is 4. The minimum absolute atomic E-state index is 0.0409. The molecule has 2 aliphatic carbocycles. The largest absolute Gasteiger partial charge is 0.459 e. The molecule has 10 nitrogen and oxygen atoms in total. The van der Waals surface area contributed by atoms with Crippen LogP contribution in [0.5, 0.6) is 17.2 Å². The molecule has 1 fully saturated rings. The number of carbonyl (C=O) groups is 1. The Balaban J connectivity index is 1.24. The first kappa shape index (κ1) is 45.7. The van der Waals surface area contributed by atoms with Crippen LogP contribution >= 0.6 is 0 Å². The zero-order valence-electron chi connectivity index (χ0n) is 38.2. The molecule has 346 valence electrons. The number of nitrogens with zero attached hydrogens (tertiary/aromatic N) is 2. The van der Waals surface area contributed by atoms with Crippen molar-refractivity contribution in [1.82, 2.24) is 4.90 Å². The van der Waals surface area contributed by atoms with Crippen molar-refractivity contribution in [3.63, 3.8) is 0 Å². The Morgan fingerprint density at radius 3 is 2.33 bits per heavy atom. The second-order valence-electron chi connectivity index (χ2n) is 17.9. The summed E-state index contributed by atoms with van der Waals surface area (Å²) in [6, 6.07) is 43.8. The minimum atomic E-state index is -1.46. The highest BCUT2D eigenvalue weighted by Crippen LogP contribution is 2.62. The Bertz CT molecular complexity index is 2730. The summed E-state index contributed by atoms with van der Waals surface area (Å²) in [5.41, 5.74) is 4.55. The van der Waals surface area contributed by atoms with E-state index < -0.39 is 23.8 Å². The normalized spacial score (nSPS) is 22.3. The first-order valence-corrected chi connectivity index (χ1v) is 23.7. The van der Waals surface area contributed by atoms with E-state index in [4.69, 9.17) is 28.9 Å². The Hall–Kier alpha value is -6.46. The number of aliphatic hydroxyl groups excluding tert-OH is 2. The topological polar surface area (TPSA) is 119 Å². The van der Waals surface area contributed by atoms with Crippen molar-refractivity contribution < 1.29 is 38.8 Å². The summed E-state index contributed by atoms with van der Waals surface area (Å²) in [5, 5.41) is 29.4. The second-order valence-corrected chi connectivity index (χ2v) is 17.9. The third-order valence-corrected chi connectivity index (χ3v) is 13.9. The van der Waals surface area contributed by atoms with E-state index in [1.165, 1.54) is 7.11 Å². The molecule has 1 heterocycles. The summed E-state index contributed by atoms with van der Waals surface area (Å²) in [6.45, 7) is 4.88. The second kappa shape index (κ2) is 21.0. The highest BCUT2D eigenvalue weighted by Gasteiger charge is 2.65. The summed E-state index contributed by atoms with van der Waals surface area (Å²) in [4.78, 5) is 22.6. The monoisotopic (exact) mass is 900 g/mol. The number of oxime groups is 1. The van der Waals surface area contributed by atoms with Crippen LogP contribution in [0.4, 0.5) is 4.79 Å². The van der Waals surface area contributed by atoms with Crippen LogP contribution in [0.1, 0.15) is 67.6 Å². The number of benzene rings is 6. The van der Waals surface area contributed by atoms with Gasteiger partial charge in [-0.1, -0.05) is 133 Å². The van der Waals surface area contributed by atoms with Gasteiger partial charge in [-0.15, -0.1) is 6.58 Å². The quantitative estimate of drug-likeness (QED) is 0.0469. The van der Waals surface area contributed by atoms with E-state index in [9.17, 15) is 15.0 Å². The molecule has 10 heteroatoms. The molecule has 2 N–H and O–H groups in total. The lowest BCUT2D eigenvalue weighted by Crippen LogP contribution is -2.70. The fraction of sp³-hybridized carbons (Fsp3) is 0.333. The molecule has 6 aromatic rings. The molecule has 0 saturated heterocycles. The first-order valence-electron chi connectivity index (χ1n) is 23.7. The number of hydrogen-bond donors (Lipinski definition) is 2. The standard InChI is InChI=1S/C57H60N2O8/c1-3-32-64-57-53(59(56(62)63-2)37-44-23-15-22-41-19-9-10-24-47(41)44)36-51(58-65-38-39-16-5-4-6-17-39)49-34-43(21-11-13-30-60)48(25-12-14-31-61)54(55(49)57)50-35-46(28-29-52(50)67-57)66-45-27-26-40-18-7-8-20-42(40)33-45/h3-10,15-20,22-24,26-29,33-35,43,48,53-55,60-61H,1,11-14,21,25,30-32,36-38H2,2H3. The van der Waals surface area contributed by atoms with Crippen LogP contribution in [-0.4, -0.2) is 65.7 Å². The van der Waals surface area contributed by atoms with Gasteiger partial charge in [0.2, 0.25) is 5.79 Å². The number of rotatable bonds is 19. The summed E-state index contributed by atoms with van der Waals surface area (Å²) in [6.07, 6.45) is 8.38. The fourth-order valence-corrected chi connectivity index (χ4v) is 10.9. The van der Waals surface area contributed by atoms with Crippen LogP contribution in [-0.2, 0) is 27.5 Å². The van der Waals surface area contributed by atoms with Crippen molar-refractivity contribution in [3.8, 4) is 17.2 Å². The summed E-state index contributed by atoms with van der Waals surface area (Å²) in [7, 11) is 1.41. The molecule has 6 atom stereocenters. The highest BCUT2D eigenvalue weighted by atomic mass is 16.7. The maximum absolute atomic E-state index is 14.6. The first-order chi connectivity index (χ1) is 32.9. The lowest BCUT2D eigenvalue weighted by molar-refractivity contribution is -0.256. The van der Waals surface area contributed by atoms with Gasteiger partial charge in [-0.3, -0.25) is 4.90 Å². The van der Waals surface area contributed by atoms with Gasteiger partial charge in [0.25, 0.3) is 0 Å². The fourth-order valence-electron chi connectivity index (χ4n) is 10.9. The summed E-state index contributed by atoms with van der Waals surface area (Å²) >= 11 is 0. The number of ether oxygens (including phenoxy) is 4. The van der Waals surface area contributed by atoms with Gasteiger partial charge in [-0.25, -0.2) is 4.79 Å². The maximum atomic E-state index is 14.6. The van der Waals surface area contributed by atoms with E-state index in [1.54, 1.807) is 11.0 Å². The van der Waals surface area contributed by atoms with Crippen molar-refractivity contribution in [3.05, 3.63) is 174 Å². The third kappa shape index (κ3) is 9.57. The van der Waals surface area contributed by atoms with Crippen LogP contribution in [0, 0.1) is 17.8 Å².